The molecule has 0 unspecified atom stereocenters. The summed E-state index contributed by atoms with van der Waals surface area (Å²) in [6.07, 6.45) is 0. The number of anilines is 1. The highest BCUT2D eigenvalue weighted by Crippen LogP contribution is 2.25. The predicted octanol–water partition coefficient (Wildman–Crippen LogP) is 3.16. The van der Waals surface area contributed by atoms with Crippen LogP contribution in [0, 0.1) is 0 Å². The lowest BCUT2D eigenvalue weighted by molar-refractivity contribution is -0.113. The second-order valence-electron chi connectivity index (χ2n) is 4.89. The van der Waals surface area contributed by atoms with E-state index in [0.29, 0.717) is 16.6 Å². The van der Waals surface area contributed by atoms with Gasteiger partial charge in [-0.2, -0.15) is 4.68 Å². The monoisotopic (exact) mass is 419 g/mol. The van der Waals surface area contributed by atoms with Gasteiger partial charge < -0.3 is 10.1 Å². The molecule has 0 saturated heterocycles. The fourth-order valence-corrected chi connectivity index (χ4v) is 3.20. The van der Waals surface area contributed by atoms with Crippen LogP contribution < -0.4 is 10.1 Å². The van der Waals surface area contributed by atoms with Crippen molar-refractivity contribution < 1.29 is 9.53 Å². The number of hydrogen-bond donors (Lipinski definition) is 1. The van der Waals surface area contributed by atoms with Crippen molar-refractivity contribution in [2.75, 3.05) is 18.2 Å². The summed E-state index contributed by atoms with van der Waals surface area (Å²) in [6.45, 7) is 0. The van der Waals surface area contributed by atoms with E-state index in [4.69, 9.17) is 4.74 Å². The number of para-hydroxylation sites is 2. The van der Waals surface area contributed by atoms with Crippen molar-refractivity contribution in [1.82, 2.24) is 20.2 Å². The molecule has 0 bridgehead atoms. The van der Waals surface area contributed by atoms with Crippen LogP contribution >= 0.6 is 27.7 Å². The number of methoxy groups -OCH3 is 1. The van der Waals surface area contributed by atoms with E-state index in [0.717, 1.165) is 10.2 Å². The van der Waals surface area contributed by atoms with Crippen LogP contribution in [0.2, 0.25) is 0 Å². The third kappa shape index (κ3) is 4.37. The highest BCUT2D eigenvalue weighted by atomic mass is 79.9. The summed E-state index contributed by atoms with van der Waals surface area (Å²) >= 11 is 4.62. The molecule has 25 heavy (non-hydrogen) atoms. The zero-order valence-corrected chi connectivity index (χ0v) is 15.6. The number of carbonyl (C=O) groups is 1. The number of ether oxygens (including phenoxy) is 1. The third-order valence-electron chi connectivity index (χ3n) is 3.19. The van der Waals surface area contributed by atoms with Gasteiger partial charge in [0, 0.05) is 10.2 Å². The van der Waals surface area contributed by atoms with Crippen LogP contribution in [0.1, 0.15) is 0 Å². The Morgan fingerprint density at radius 3 is 2.92 bits per heavy atom. The lowest BCUT2D eigenvalue weighted by Crippen LogP contribution is -2.14. The SMILES string of the molecule is COc1ccccc1-n1nnnc1SCC(=O)Nc1cccc(Br)c1. The smallest absolute Gasteiger partial charge is 0.234 e. The van der Waals surface area contributed by atoms with E-state index in [2.05, 4.69) is 36.8 Å². The molecule has 0 saturated carbocycles. The van der Waals surface area contributed by atoms with Crippen molar-refractivity contribution in [3.05, 3.63) is 53.0 Å². The van der Waals surface area contributed by atoms with Crippen molar-refractivity contribution >= 4 is 39.3 Å². The Kier molecular flexibility index (Phi) is 5.67. The quantitative estimate of drug-likeness (QED) is 0.617. The molecule has 3 rings (SSSR count). The van der Waals surface area contributed by atoms with Crippen LogP contribution in [0.4, 0.5) is 5.69 Å². The number of amides is 1. The standard InChI is InChI=1S/C16H14BrN5O2S/c1-24-14-8-3-2-7-13(14)22-16(19-20-21-22)25-10-15(23)18-12-6-4-5-11(17)9-12/h2-9H,10H2,1H3,(H,18,23). The van der Waals surface area contributed by atoms with E-state index in [1.807, 2.05) is 48.5 Å². The van der Waals surface area contributed by atoms with Crippen LogP contribution in [-0.4, -0.2) is 39.0 Å². The zero-order valence-electron chi connectivity index (χ0n) is 13.2. The average Bonchev–Trinajstić information content (AvgIpc) is 3.08. The minimum atomic E-state index is -0.141. The molecule has 0 aliphatic carbocycles. The Balaban J connectivity index is 1.68. The second-order valence-corrected chi connectivity index (χ2v) is 6.75. The van der Waals surface area contributed by atoms with Crippen LogP contribution in [0.5, 0.6) is 5.75 Å². The van der Waals surface area contributed by atoms with E-state index < -0.39 is 0 Å². The molecular weight excluding hydrogens is 406 g/mol. The first-order valence-electron chi connectivity index (χ1n) is 7.27. The van der Waals surface area contributed by atoms with Gasteiger partial charge in [-0.1, -0.05) is 45.9 Å². The van der Waals surface area contributed by atoms with Crippen molar-refractivity contribution in [1.29, 1.82) is 0 Å². The van der Waals surface area contributed by atoms with Crippen LogP contribution in [0.15, 0.2) is 58.2 Å². The minimum Gasteiger partial charge on any atom is -0.494 e. The predicted molar refractivity (Wildman–Crippen MR) is 99.2 cm³/mol. The zero-order chi connectivity index (χ0) is 17.6. The van der Waals surface area contributed by atoms with Crippen LogP contribution in [0.3, 0.4) is 0 Å². The molecule has 0 radical (unpaired) electrons. The van der Waals surface area contributed by atoms with Gasteiger partial charge in [0.2, 0.25) is 11.1 Å². The first kappa shape index (κ1) is 17.4. The fraction of sp³-hybridized carbons (Fsp3) is 0.125. The molecule has 2 aromatic carbocycles. The van der Waals surface area contributed by atoms with Gasteiger partial charge in [-0.15, -0.1) is 5.10 Å². The first-order valence-corrected chi connectivity index (χ1v) is 9.05. The molecule has 1 heterocycles. The van der Waals surface area contributed by atoms with Gasteiger partial charge in [0.15, 0.2) is 0 Å². The Labute approximate surface area is 156 Å². The van der Waals surface area contributed by atoms with E-state index in [1.54, 1.807) is 11.8 Å². The third-order valence-corrected chi connectivity index (χ3v) is 4.61. The summed E-state index contributed by atoms with van der Waals surface area (Å²) in [5.41, 5.74) is 1.44. The lowest BCUT2D eigenvalue weighted by atomic mass is 10.3. The Morgan fingerprint density at radius 1 is 1.28 bits per heavy atom. The number of nitrogens with zero attached hydrogens (tertiary/aromatic N) is 4. The van der Waals surface area contributed by atoms with Gasteiger partial charge in [0.25, 0.3) is 0 Å². The van der Waals surface area contributed by atoms with Gasteiger partial charge in [-0.25, -0.2) is 0 Å². The van der Waals surface area contributed by atoms with Gasteiger partial charge in [-0.3, -0.25) is 4.79 Å². The number of thioether (sulfide) groups is 1. The number of aromatic nitrogens is 4. The van der Waals surface area contributed by atoms with Crippen LogP contribution in [0.25, 0.3) is 5.69 Å². The van der Waals surface area contributed by atoms with Crippen molar-refractivity contribution in [2.24, 2.45) is 0 Å². The van der Waals surface area contributed by atoms with E-state index >= 15 is 0 Å². The molecule has 0 fully saturated rings. The number of rotatable bonds is 6. The summed E-state index contributed by atoms with van der Waals surface area (Å²) in [4.78, 5) is 12.1. The summed E-state index contributed by atoms with van der Waals surface area (Å²) in [5, 5.41) is 15.0. The van der Waals surface area contributed by atoms with Gasteiger partial charge in [0.05, 0.1) is 12.9 Å². The molecule has 0 atom stereocenters. The Bertz CT molecular complexity index is 886. The number of nitrogens with one attached hydrogen (secondary N) is 1. The molecule has 3 aromatic rings. The van der Waals surface area contributed by atoms with Crippen molar-refractivity contribution in [3.8, 4) is 11.4 Å². The largest absolute Gasteiger partial charge is 0.494 e. The maximum absolute atomic E-state index is 12.1. The van der Waals surface area contributed by atoms with E-state index in [-0.39, 0.29) is 11.7 Å². The van der Waals surface area contributed by atoms with Crippen molar-refractivity contribution in [2.45, 2.75) is 5.16 Å². The second kappa shape index (κ2) is 8.13. The highest BCUT2D eigenvalue weighted by Gasteiger charge is 2.14. The van der Waals surface area contributed by atoms with Crippen molar-refractivity contribution in [3.63, 3.8) is 0 Å². The molecule has 7 nitrogen and oxygen atoms in total. The number of halogens is 1. The summed E-state index contributed by atoms with van der Waals surface area (Å²) < 4.78 is 7.78. The summed E-state index contributed by atoms with van der Waals surface area (Å²) in [7, 11) is 1.58. The maximum atomic E-state index is 12.1. The average molecular weight is 420 g/mol. The highest BCUT2D eigenvalue weighted by molar-refractivity contribution is 9.10. The molecule has 1 N–H and O–H groups in total. The number of carbonyl (C=O) groups excluding carboxylic acids is 1. The maximum Gasteiger partial charge on any atom is 0.234 e. The summed E-state index contributed by atoms with van der Waals surface area (Å²) in [5.74, 6) is 0.690. The van der Waals surface area contributed by atoms with E-state index in [1.165, 1.54) is 11.8 Å². The number of benzene rings is 2. The molecule has 1 amide bonds. The molecular formula is C16H14BrN5O2S. The summed E-state index contributed by atoms with van der Waals surface area (Å²) in [6, 6.07) is 14.8. The number of tetrazole rings is 1. The molecule has 0 aliphatic rings. The Morgan fingerprint density at radius 2 is 2.12 bits per heavy atom. The molecule has 1 aromatic heterocycles. The molecule has 0 aliphatic heterocycles. The van der Waals surface area contributed by atoms with Gasteiger partial charge in [0.1, 0.15) is 11.4 Å². The van der Waals surface area contributed by atoms with Crippen LogP contribution in [-0.2, 0) is 4.79 Å². The molecule has 0 spiro atoms. The fourth-order valence-electron chi connectivity index (χ4n) is 2.12. The number of hydrogen-bond acceptors (Lipinski definition) is 6. The first-order chi connectivity index (χ1) is 12.2. The molecule has 9 heteroatoms. The van der Waals surface area contributed by atoms with Gasteiger partial charge in [-0.05, 0) is 40.8 Å². The Hall–Kier alpha value is -2.39. The lowest BCUT2D eigenvalue weighted by Gasteiger charge is -2.09. The topological polar surface area (TPSA) is 81.9 Å². The normalized spacial score (nSPS) is 10.5. The molecule has 128 valence electrons. The minimum absolute atomic E-state index is 0.141. The van der Waals surface area contributed by atoms with E-state index in [9.17, 15) is 4.79 Å². The van der Waals surface area contributed by atoms with Gasteiger partial charge >= 0.3 is 0 Å².